The number of rotatable bonds is 7. The Morgan fingerprint density at radius 3 is 2.14 bits per heavy atom. The van der Waals surface area contributed by atoms with Crippen molar-refractivity contribution in [3.8, 4) is 17.2 Å². The van der Waals surface area contributed by atoms with E-state index in [0.29, 0.717) is 24.8 Å². The van der Waals surface area contributed by atoms with E-state index in [0.717, 1.165) is 21.7 Å². The molecule has 0 amide bonds. The second kappa shape index (κ2) is 8.15. The monoisotopic (exact) mass is 370 g/mol. The Kier molecular flexibility index (Phi) is 6.21. The molecule has 0 bridgehead atoms. The number of benzene rings is 2. The molecule has 0 N–H and O–H groups in total. The molecule has 0 aliphatic carbocycles. The first-order chi connectivity index (χ1) is 10.2. The molecule has 2 aromatic carbocycles. The van der Waals surface area contributed by atoms with Crippen LogP contribution in [-0.2, 0) is 0 Å². The summed E-state index contributed by atoms with van der Waals surface area (Å²) in [6, 6.07) is 12.9. The van der Waals surface area contributed by atoms with Crippen molar-refractivity contribution in [3.05, 3.63) is 52.0 Å². The molecule has 21 heavy (non-hydrogen) atoms. The van der Waals surface area contributed by atoms with Gasteiger partial charge in [-0.15, -0.1) is 0 Å². The Hall–Kier alpha value is -1.39. The summed E-state index contributed by atoms with van der Waals surface area (Å²) in [6.45, 7) is 3.52. The zero-order valence-corrected chi connectivity index (χ0v) is 14.0. The van der Waals surface area contributed by atoms with Crippen LogP contribution in [0.1, 0.15) is 6.92 Å². The van der Waals surface area contributed by atoms with Gasteiger partial charge in [0.05, 0.1) is 11.1 Å². The van der Waals surface area contributed by atoms with Crippen molar-refractivity contribution >= 4 is 27.5 Å². The summed E-state index contributed by atoms with van der Waals surface area (Å²) in [5.41, 5.74) is 0. The molecule has 0 aromatic heterocycles. The van der Waals surface area contributed by atoms with Gasteiger partial charge in [-0.25, -0.2) is 0 Å². The molecule has 0 atom stereocenters. The molecule has 0 spiro atoms. The maximum absolute atomic E-state index is 5.87. The molecule has 0 heterocycles. The van der Waals surface area contributed by atoms with Crippen molar-refractivity contribution in [1.29, 1.82) is 0 Å². The van der Waals surface area contributed by atoms with Crippen LogP contribution >= 0.6 is 27.5 Å². The topological polar surface area (TPSA) is 27.7 Å². The Labute approximate surface area is 137 Å². The third kappa shape index (κ3) is 5.14. The van der Waals surface area contributed by atoms with Crippen molar-refractivity contribution in [2.75, 3.05) is 19.8 Å². The first kappa shape index (κ1) is 16.0. The maximum Gasteiger partial charge on any atom is 0.133 e. The molecule has 0 saturated carbocycles. The predicted octanol–water partition coefficient (Wildman–Crippen LogP) is 4.96. The van der Waals surface area contributed by atoms with Crippen LogP contribution in [0.5, 0.6) is 17.2 Å². The molecule has 0 radical (unpaired) electrons. The van der Waals surface area contributed by atoms with Crippen LogP contribution in [0.15, 0.2) is 46.9 Å². The van der Waals surface area contributed by atoms with Crippen LogP contribution in [0.25, 0.3) is 0 Å². The van der Waals surface area contributed by atoms with Crippen molar-refractivity contribution in [1.82, 2.24) is 0 Å². The van der Waals surface area contributed by atoms with Gasteiger partial charge in [-0.05, 0) is 65.3 Å². The molecule has 0 aliphatic heterocycles. The molecule has 0 unspecified atom stereocenters. The average Bonchev–Trinajstić information content (AvgIpc) is 2.47. The first-order valence-corrected chi connectivity index (χ1v) is 7.79. The Balaban J connectivity index is 1.76. The average molecular weight is 372 g/mol. The van der Waals surface area contributed by atoms with Crippen LogP contribution in [0, 0.1) is 0 Å². The van der Waals surface area contributed by atoms with E-state index in [2.05, 4.69) is 15.9 Å². The molecule has 112 valence electrons. The van der Waals surface area contributed by atoms with E-state index in [1.165, 1.54) is 0 Å². The largest absolute Gasteiger partial charge is 0.494 e. The summed E-state index contributed by atoms with van der Waals surface area (Å²) in [7, 11) is 0. The minimum absolute atomic E-state index is 0.452. The summed E-state index contributed by atoms with van der Waals surface area (Å²) >= 11 is 9.28. The van der Waals surface area contributed by atoms with Gasteiger partial charge < -0.3 is 14.2 Å². The van der Waals surface area contributed by atoms with E-state index in [4.69, 9.17) is 25.8 Å². The summed E-state index contributed by atoms with van der Waals surface area (Å²) in [5, 5.41) is 0.667. The lowest BCUT2D eigenvalue weighted by Gasteiger charge is -2.10. The maximum atomic E-state index is 5.87. The molecule has 3 nitrogen and oxygen atoms in total. The molecule has 0 saturated heterocycles. The summed E-state index contributed by atoms with van der Waals surface area (Å²) < 4.78 is 17.4. The number of ether oxygens (including phenoxy) is 3. The van der Waals surface area contributed by atoms with E-state index in [9.17, 15) is 0 Å². The van der Waals surface area contributed by atoms with E-state index >= 15 is 0 Å². The van der Waals surface area contributed by atoms with Gasteiger partial charge in [0.2, 0.25) is 0 Å². The Morgan fingerprint density at radius 2 is 1.52 bits per heavy atom. The van der Waals surface area contributed by atoms with E-state index < -0.39 is 0 Å². The van der Waals surface area contributed by atoms with E-state index in [1.807, 2.05) is 37.3 Å². The quantitative estimate of drug-likeness (QED) is 0.644. The van der Waals surface area contributed by atoms with Crippen LogP contribution < -0.4 is 14.2 Å². The highest BCUT2D eigenvalue weighted by Crippen LogP contribution is 2.27. The minimum Gasteiger partial charge on any atom is -0.494 e. The van der Waals surface area contributed by atoms with Gasteiger partial charge in [-0.1, -0.05) is 11.6 Å². The Morgan fingerprint density at radius 1 is 0.905 bits per heavy atom. The van der Waals surface area contributed by atoms with Crippen LogP contribution in [0.4, 0.5) is 0 Å². The summed E-state index contributed by atoms with van der Waals surface area (Å²) in [6.07, 6.45) is 0. The van der Waals surface area contributed by atoms with Crippen molar-refractivity contribution < 1.29 is 14.2 Å². The second-order valence-electron chi connectivity index (χ2n) is 4.18. The molecule has 5 heteroatoms. The highest BCUT2D eigenvalue weighted by Gasteiger charge is 2.02. The van der Waals surface area contributed by atoms with Crippen molar-refractivity contribution in [2.24, 2.45) is 0 Å². The minimum atomic E-state index is 0.452. The molecule has 0 aliphatic rings. The lowest BCUT2D eigenvalue weighted by atomic mass is 10.3. The number of hydrogen-bond acceptors (Lipinski definition) is 3. The molecule has 2 rings (SSSR count). The van der Waals surface area contributed by atoms with Gasteiger partial charge >= 0.3 is 0 Å². The van der Waals surface area contributed by atoms with Gasteiger partial charge in [-0.3, -0.25) is 0 Å². The second-order valence-corrected chi connectivity index (χ2v) is 5.47. The first-order valence-electron chi connectivity index (χ1n) is 6.62. The Bertz CT molecular complexity index is 572. The fourth-order valence-corrected chi connectivity index (χ4v) is 2.50. The molecular formula is C16H16BrClO3. The van der Waals surface area contributed by atoms with Crippen molar-refractivity contribution in [3.63, 3.8) is 0 Å². The summed E-state index contributed by atoms with van der Waals surface area (Å²) in [4.78, 5) is 0. The molecule has 0 fully saturated rings. The van der Waals surface area contributed by atoms with Gasteiger partial charge in [0.15, 0.2) is 0 Å². The van der Waals surface area contributed by atoms with Gasteiger partial charge in [0, 0.05) is 5.02 Å². The molecular weight excluding hydrogens is 356 g/mol. The fourth-order valence-electron chi connectivity index (χ4n) is 1.70. The fraction of sp³-hybridized carbons (Fsp3) is 0.250. The zero-order chi connectivity index (χ0) is 15.1. The third-order valence-electron chi connectivity index (χ3n) is 2.64. The normalized spacial score (nSPS) is 10.2. The van der Waals surface area contributed by atoms with Gasteiger partial charge in [0.1, 0.15) is 30.5 Å². The van der Waals surface area contributed by atoms with E-state index in [-0.39, 0.29) is 0 Å². The highest BCUT2D eigenvalue weighted by molar-refractivity contribution is 9.10. The van der Waals surface area contributed by atoms with Crippen LogP contribution in [0.2, 0.25) is 5.02 Å². The van der Waals surface area contributed by atoms with Crippen LogP contribution in [0.3, 0.4) is 0 Å². The van der Waals surface area contributed by atoms with E-state index in [1.54, 1.807) is 12.1 Å². The highest BCUT2D eigenvalue weighted by atomic mass is 79.9. The number of hydrogen-bond donors (Lipinski definition) is 0. The standard InChI is InChI=1S/C16H16BrClO3/c1-2-19-13-4-6-14(7-5-13)20-9-10-21-16-8-3-12(18)11-15(16)17/h3-8,11H,2,9-10H2,1H3. The lowest BCUT2D eigenvalue weighted by Crippen LogP contribution is -2.09. The smallest absolute Gasteiger partial charge is 0.133 e. The predicted molar refractivity (Wildman–Crippen MR) is 87.8 cm³/mol. The molecule has 2 aromatic rings. The third-order valence-corrected chi connectivity index (χ3v) is 3.49. The lowest BCUT2D eigenvalue weighted by molar-refractivity contribution is 0.216. The SMILES string of the molecule is CCOc1ccc(OCCOc2ccc(Cl)cc2Br)cc1. The number of halogens is 2. The van der Waals surface area contributed by atoms with Crippen molar-refractivity contribution in [2.45, 2.75) is 6.92 Å². The zero-order valence-electron chi connectivity index (χ0n) is 11.6. The van der Waals surface area contributed by atoms with Crippen LogP contribution in [-0.4, -0.2) is 19.8 Å². The van der Waals surface area contributed by atoms with Gasteiger partial charge in [0.25, 0.3) is 0 Å². The van der Waals surface area contributed by atoms with Gasteiger partial charge in [-0.2, -0.15) is 0 Å². The summed E-state index contributed by atoms with van der Waals surface area (Å²) in [5.74, 6) is 2.37.